The summed E-state index contributed by atoms with van der Waals surface area (Å²) in [4.78, 5) is 4.37. The molecule has 1 aromatic heterocycles. The van der Waals surface area contributed by atoms with Crippen LogP contribution in [0.2, 0.25) is 0 Å². The van der Waals surface area contributed by atoms with E-state index in [-0.39, 0.29) is 0 Å². The van der Waals surface area contributed by atoms with E-state index >= 15 is 0 Å². The van der Waals surface area contributed by atoms with Crippen LogP contribution in [0.15, 0.2) is 18.3 Å². The summed E-state index contributed by atoms with van der Waals surface area (Å²) in [7, 11) is 0. The largest absolute Gasteiger partial charge is 0.382 e. The molecule has 112 valence electrons. The monoisotopic (exact) mass is 275 g/mol. The zero-order valence-electron chi connectivity index (χ0n) is 13.0. The summed E-state index contributed by atoms with van der Waals surface area (Å²) in [5.41, 5.74) is 1.20. The number of hydrogen-bond donors (Lipinski definition) is 2. The molecule has 1 aromatic rings. The van der Waals surface area contributed by atoms with Gasteiger partial charge >= 0.3 is 0 Å². The van der Waals surface area contributed by atoms with Crippen molar-refractivity contribution < 1.29 is 0 Å². The first kappa shape index (κ1) is 15.1. The lowest BCUT2D eigenvalue weighted by molar-refractivity contribution is 0.313. The maximum atomic E-state index is 4.37. The van der Waals surface area contributed by atoms with E-state index < -0.39 is 0 Å². The SMILES string of the molecule is CCCNc1cc(NC(CC)C2CCCCC2)ccn1. The van der Waals surface area contributed by atoms with Crippen molar-refractivity contribution in [2.45, 2.75) is 64.8 Å². The van der Waals surface area contributed by atoms with Crippen LogP contribution in [0.1, 0.15) is 58.8 Å². The van der Waals surface area contributed by atoms with Gasteiger partial charge in [-0.3, -0.25) is 0 Å². The lowest BCUT2D eigenvalue weighted by Crippen LogP contribution is -2.30. The molecule has 0 bridgehead atoms. The second kappa shape index (κ2) is 8.13. The molecule has 1 saturated carbocycles. The fourth-order valence-corrected chi connectivity index (χ4v) is 3.17. The van der Waals surface area contributed by atoms with Gasteiger partial charge in [-0.1, -0.05) is 33.1 Å². The van der Waals surface area contributed by atoms with Gasteiger partial charge in [0, 0.05) is 30.5 Å². The minimum absolute atomic E-state index is 0.608. The third-order valence-corrected chi connectivity index (χ3v) is 4.33. The number of hydrogen-bond acceptors (Lipinski definition) is 3. The highest BCUT2D eigenvalue weighted by Gasteiger charge is 2.22. The smallest absolute Gasteiger partial charge is 0.127 e. The molecule has 0 saturated heterocycles. The van der Waals surface area contributed by atoms with Gasteiger partial charge in [-0.05, 0) is 37.7 Å². The van der Waals surface area contributed by atoms with Crippen LogP contribution in [-0.2, 0) is 0 Å². The summed E-state index contributed by atoms with van der Waals surface area (Å²) in [5, 5.41) is 7.09. The zero-order chi connectivity index (χ0) is 14.2. The third kappa shape index (κ3) is 4.39. The fraction of sp³-hybridized carbons (Fsp3) is 0.706. The lowest BCUT2D eigenvalue weighted by atomic mass is 9.83. The summed E-state index contributed by atoms with van der Waals surface area (Å²) >= 11 is 0. The van der Waals surface area contributed by atoms with Crippen molar-refractivity contribution in [1.82, 2.24) is 4.98 Å². The molecule has 20 heavy (non-hydrogen) atoms. The molecule has 0 aliphatic heterocycles. The number of pyridine rings is 1. The molecule has 2 N–H and O–H groups in total. The topological polar surface area (TPSA) is 37.0 Å². The van der Waals surface area contributed by atoms with Crippen molar-refractivity contribution >= 4 is 11.5 Å². The van der Waals surface area contributed by atoms with Crippen LogP contribution in [-0.4, -0.2) is 17.6 Å². The molecule has 3 heteroatoms. The van der Waals surface area contributed by atoms with E-state index in [0.29, 0.717) is 6.04 Å². The van der Waals surface area contributed by atoms with Crippen LogP contribution in [0, 0.1) is 5.92 Å². The first-order valence-corrected chi connectivity index (χ1v) is 8.30. The third-order valence-electron chi connectivity index (χ3n) is 4.33. The Labute approximate surface area is 123 Å². The first-order valence-electron chi connectivity index (χ1n) is 8.30. The molecular weight excluding hydrogens is 246 g/mol. The number of rotatable bonds is 7. The normalized spacial score (nSPS) is 17.7. The lowest BCUT2D eigenvalue weighted by Gasteiger charge is -2.31. The predicted octanol–water partition coefficient (Wildman–Crippen LogP) is 4.67. The van der Waals surface area contributed by atoms with Gasteiger partial charge in [0.05, 0.1) is 0 Å². The van der Waals surface area contributed by atoms with Crippen molar-refractivity contribution in [2.75, 3.05) is 17.2 Å². The average Bonchev–Trinajstić information content (AvgIpc) is 2.52. The Kier molecular flexibility index (Phi) is 6.16. The van der Waals surface area contributed by atoms with Crippen molar-refractivity contribution in [3.05, 3.63) is 18.3 Å². The van der Waals surface area contributed by atoms with Crippen molar-refractivity contribution in [1.29, 1.82) is 0 Å². The van der Waals surface area contributed by atoms with Crippen molar-refractivity contribution in [3.63, 3.8) is 0 Å². The van der Waals surface area contributed by atoms with Gasteiger partial charge in [0.2, 0.25) is 0 Å². The highest BCUT2D eigenvalue weighted by Crippen LogP contribution is 2.29. The van der Waals surface area contributed by atoms with Gasteiger partial charge in [0.15, 0.2) is 0 Å². The molecule has 3 nitrogen and oxygen atoms in total. The van der Waals surface area contributed by atoms with Crippen LogP contribution in [0.4, 0.5) is 11.5 Å². The summed E-state index contributed by atoms with van der Waals surface area (Å²) in [6, 6.07) is 4.83. The number of aromatic nitrogens is 1. The van der Waals surface area contributed by atoms with Crippen LogP contribution in [0.5, 0.6) is 0 Å². The Morgan fingerprint density at radius 1 is 1.25 bits per heavy atom. The average molecular weight is 275 g/mol. The van der Waals surface area contributed by atoms with Crippen LogP contribution in [0.3, 0.4) is 0 Å². The van der Waals surface area contributed by atoms with E-state index in [4.69, 9.17) is 0 Å². The molecule has 1 atom stereocenters. The van der Waals surface area contributed by atoms with Crippen molar-refractivity contribution in [2.24, 2.45) is 5.92 Å². The Bertz CT molecular complexity index is 386. The van der Waals surface area contributed by atoms with Gasteiger partial charge in [-0.2, -0.15) is 0 Å². The highest BCUT2D eigenvalue weighted by atomic mass is 15.0. The van der Waals surface area contributed by atoms with E-state index in [1.807, 2.05) is 6.20 Å². The molecule has 2 rings (SSSR count). The number of nitrogens with zero attached hydrogens (tertiary/aromatic N) is 1. The molecule has 0 radical (unpaired) electrons. The molecule has 1 heterocycles. The summed E-state index contributed by atoms with van der Waals surface area (Å²) < 4.78 is 0. The fourth-order valence-electron chi connectivity index (χ4n) is 3.17. The predicted molar refractivity (Wildman–Crippen MR) is 87.3 cm³/mol. The maximum absolute atomic E-state index is 4.37. The Balaban J connectivity index is 1.95. The highest BCUT2D eigenvalue weighted by molar-refractivity contribution is 5.52. The Morgan fingerprint density at radius 2 is 2.05 bits per heavy atom. The maximum Gasteiger partial charge on any atom is 0.127 e. The summed E-state index contributed by atoms with van der Waals surface area (Å²) in [5.74, 6) is 1.82. The molecule has 1 unspecified atom stereocenters. The molecule has 0 spiro atoms. The second-order valence-corrected chi connectivity index (χ2v) is 5.91. The quantitative estimate of drug-likeness (QED) is 0.759. The minimum Gasteiger partial charge on any atom is -0.382 e. The molecular formula is C17H29N3. The number of nitrogens with one attached hydrogen (secondary N) is 2. The number of anilines is 2. The van der Waals surface area contributed by atoms with Gasteiger partial charge < -0.3 is 10.6 Å². The molecule has 0 amide bonds. The molecule has 1 aliphatic carbocycles. The Morgan fingerprint density at radius 3 is 2.75 bits per heavy atom. The van der Waals surface area contributed by atoms with E-state index in [1.54, 1.807) is 0 Å². The van der Waals surface area contributed by atoms with Crippen molar-refractivity contribution in [3.8, 4) is 0 Å². The molecule has 0 aromatic carbocycles. The standard InChI is InChI=1S/C17H29N3/c1-3-11-18-17-13-15(10-12-19-17)20-16(4-2)14-8-6-5-7-9-14/h10,12-14,16H,3-9,11H2,1-2H3,(H2,18,19,20). The van der Waals surface area contributed by atoms with Gasteiger partial charge in [-0.15, -0.1) is 0 Å². The van der Waals surface area contributed by atoms with Crippen LogP contribution in [0.25, 0.3) is 0 Å². The van der Waals surface area contributed by atoms with E-state index in [9.17, 15) is 0 Å². The second-order valence-electron chi connectivity index (χ2n) is 5.91. The van der Waals surface area contributed by atoms with E-state index in [2.05, 4.69) is 41.6 Å². The summed E-state index contributed by atoms with van der Waals surface area (Å²) in [6.45, 7) is 5.45. The van der Waals surface area contributed by atoms with E-state index in [1.165, 1.54) is 44.2 Å². The Hall–Kier alpha value is -1.25. The zero-order valence-corrected chi connectivity index (χ0v) is 13.0. The van der Waals surface area contributed by atoms with E-state index in [0.717, 1.165) is 24.7 Å². The van der Waals surface area contributed by atoms with Crippen LogP contribution < -0.4 is 10.6 Å². The van der Waals surface area contributed by atoms with Crippen LogP contribution >= 0.6 is 0 Å². The van der Waals surface area contributed by atoms with Gasteiger partial charge in [0.25, 0.3) is 0 Å². The molecule has 1 aliphatic rings. The van der Waals surface area contributed by atoms with Gasteiger partial charge in [0.1, 0.15) is 5.82 Å². The summed E-state index contributed by atoms with van der Waals surface area (Å²) in [6.07, 6.45) is 11.2. The minimum atomic E-state index is 0.608. The first-order chi connectivity index (χ1) is 9.83. The molecule has 1 fully saturated rings. The van der Waals surface area contributed by atoms with Gasteiger partial charge in [-0.25, -0.2) is 4.98 Å².